The van der Waals surface area contributed by atoms with Gasteiger partial charge in [-0.15, -0.1) is 0 Å². The van der Waals surface area contributed by atoms with Gasteiger partial charge in [0.2, 0.25) is 0 Å². The van der Waals surface area contributed by atoms with Crippen molar-refractivity contribution in [3.05, 3.63) is 71.0 Å². The van der Waals surface area contributed by atoms with Gasteiger partial charge in [0.15, 0.2) is 0 Å². The Labute approximate surface area is 199 Å². The van der Waals surface area contributed by atoms with Crippen molar-refractivity contribution < 1.29 is 9.53 Å². The topological polar surface area (TPSA) is 64.4 Å². The van der Waals surface area contributed by atoms with Gasteiger partial charge in [0.05, 0.1) is 12.6 Å². The second-order valence-electron chi connectivity index (χ2n) is 10.7. The molecule has 1 atom stereocenters. The molecule has 0 radical (unpaired) electrons. The molecule has 0 spiro atoms. The molecule has 0 aliphatic carbocycles. The maximum atomic E-state index is 13.3. The Morgan fingerprint density at radius 1 is 0.941 bits per heavy atom. The third-order valence-electron chi connectivity index (χ3n) is 7.17. The van der Waals surface area contributed by atoms with E-state index in [1.807, 2.05) is 25.7 Å². The summed E-state index contributed by atoms with van der Waals surface area (Å²) < 4.78 is 5.83. The Morgan fingerprint density at radius 2 is 1.56 bits per heavy atom. The average molecular weight is 457 g/mol. The van der Waals surface area contributed by atoms with Crippen LogP contribution in [0.25, 0.3) is 21.8 Å². The predicted molar refractivity (Wildman–Crippen MR) is 135 cm³/mol. The third-order valence-corrected chi connectivity index (χ3v) is 7.17. The number of carbonyl (C=O) groups is 1. The van der Waals surface area contributed by atoms with Crippen LogP contribution in [0.1, 0.15) is 43.3 Å². The van der Waals surface area contributed by atoms with Gasteiger partial charge < -0.3 is 14.7 Å². The molecule has 0 saturated carbocycles. The van der Waals surface area contributed by atoms with Crippen molar-refractivity contribution in [2.24, 2.45) is 0 Å². The molecule has 6 nitrogen and oxygen atoms in total. The number of benzene rings is 2. The van der Waals surface area contributed by atoms with Crippen molar-refractivity contribution in [3.8, 4) is 0 Å². The van der Waals surface area contributed by atoms with Gasteiger partial charge in [-0.25, -0.2) is 4.79 Å². The second kappa shape index (κ2) is 7.91. The number of amides is 1. The maximum absolute atomic E-state index is 13.3. The Morgan fingerprint density at radius 3 is 2.24 bits per heavy atom. The summed E-state index contributed by atoms with van der Waals surface area (Å²) in [7, 11) is 0. The smallest absolute Gasteiger partial charge is 0.410 e. The fraction of sp³-hybridized carbons (Fsp3) is 0.393. The first kappa shape index (κ1) is 21.3. The number of rotatable bonds is 2. The van der Waals surface area contributed by atoms with Gasteiger partial charge in [-0.1, -0.05) is 36.4 Å². The van der Waals surface area contributed by atoms with Crippen LogP contribution in [0.4, 0.5) is 4.79 Å². The van der Waals surface area contributed by atoms with E-state index in [0.717, 1.165) is 43.7 Å². The van der Waals surface area contributed by atoms with Crippen molar-refractivity contribution in [1.82, 2.24) is 19.8 Å². The van der Waals surface area contributed by atoms with Crippen LogP contribution >= 0.6 is 0 Å². The number of para-hydroxylation sites is 2. The second-order valence-corrected chi connectivity index (χ2v) is 10.7. The van der Waals surface area contributed by atoms with E-state index in [1.54, 1.807) is 0 Å². The molecule has 4 aromatic rings. The summed E-state index contributed by atoms with van der Waals surface area (Å²) in [5.74, 6) is 0. The minimum Gasteiger partial charge on any atom is -0.444 e. The van der Waals surface area contributed by atoms with Crippen molar-refractivity contribution in [1.29, 1.82) is 0 Å². The number of nitrogens with one attached hydrogen (secondary N) is 2. The van der Waals surface area contributed by atoms with E-state index in [0.29, 0.717) is 6.54 Å². The zero-order chi connectivity index (χ0) is 23.4. The fourth-order valence-electron chi connectivity index (χ4n) is 5.67. The molecule has 2 N–H and O–H groups in total. The van der Waals surface area contributed by atoms with Crippen molar-refractivity contribution in [2.45, 2.75) is 58.3 Å². The van der Waals surface area contributed by atoms with Crippen LogP contribution in [-0.4, -0.2) is 50.6 Å². The number of aromatic nitrogens is 2. The predicted octanol–water partition coefficient (Wildman–Crippen LogP) is 5.37. The van der Waals surface area contributed by atoms with Crippen LogP contribution in [0.3, 0.4) is 0 Å². The lowest BCUT2D eigenvalue weighted by Crippen LogP contribution is -2.51. The van der Waals surface area contributed by atoms with Gasteiger partial charge in [-0.05, 0) is 56.9 Å². The number of fused-ring (bicyclic) bond motifs is 6. The largest absolute Gasteiger partial charge is 0.444 e. The Balaban J connectivity index is 1.29. The molecule has 2 aliphatic rings. The Kier molecular flexibility index (Phi) is 4.96. The highest BCUT2D eigenvalue weighted by Crippen LogP contribution is 2.33. The van der Waals surface area contributed by atoms with Crippen LogP contribution in [0, 0.1) is 0 Å². The molecule has 6 heteroatoms. The number of nitrogens with zero attached hydrogens (tertiary/aromatic N) is 2. The first-order chi connectivity index (χ1) is 16.4. The number of hydrogen-bond acceptors (Lipinski definition) is 3. The summed E-state index contributed by atoms with van der Waals surface area (Å²) in [6, 6.07) is 17.1. The summed E-state index contributed by atoms with van der Waals surface area (Å²) in [5.41, 5.74) is 7.04. The van der Waals surface area contributed by atoms with Crippen LogP contribution in [0.2, 0.25) is 0 Å². The van der Waals surface area contributed by atoms with Crippen LogP contribution in [0.5, 0.6) is 0 Å². The minimum atomic E-state index is -0.521. The van der Waals surface area contributed by atoms with Gasteiger partial charge in [0.25, 0.3) is 0 Å². The highest BCUT2D eigenvalue weighted by molar-refractivity contribution is 5.86. The monoisotopic (exact) mass is 456 g/mol. The molecule has 1 unspecified atom stereocenters. The van der Waals surface area contributed by atoms with Gasteiger partial charge >= 0.3 is 6.09 Å². The number of H-pyrrole nitrogens is 2. The number of carbonyl (C=O) groups excluding carboxylic acids is 1. The normalized spacial score (nSPS) is 18.8. The van der Waals surface area contributed by atoms with Crippen LogP contribution in [0.15, 0.2) is 48.5 Å². The zero-order valence-electron chi connectivity index (χ0n) is 20.1. The molecule has 6 rings (SSSR count). The molecule has 2 aromatic heterocycles. The van der Waals surface area contributed by atoms with Gasteiger partial charge in [-0.2, -0.15) is 0 Å². The molecular weight excluding hydrogens is 424 g/mol. The van der Waals surface area contributed by atoms with E-state index < -0.39 is 5.60 Å². The molecule has 1 amide bonds. The van der Waals surface area contributed by atoms with Gasteiger partial charge in [0, 0.05) is 52.8 Å². The first-order valence-corrected chi connectivity index (χ1v) is 12.2. The molecule has 4 heterocycles. The van der Waals surface area contributed by atoms with E-state index >= 15 is 0 Å². The zero-order valence-corrected chi connectivity index (χ0v) is 20.1. The third kappa shape index (κ3) is 3.76. The SMILES string of the molecule is CC(C)(C)OC(=O)N1Cc2[nH]c3ccccc3c2CC1CN1CCc2c([nH]c3ccccc23)C1. The number of ether oxygens (including phenoxy) is 1. The Bertz CT molecular complexity index is 1380. The van der Waals surface area contributed by atoms with E-state index in [1.165, 1.54) is 33.1 Å². The molecule has 2 aliphatic heterocycles. The van der Waals surface area contributed by atoms with E-state index in [-0.39, 0.29) is 12.1 Å². The summed E-state index contributed by atoms with van der Waals surface area (Å²) in [4.78, 5) is 24.9. The highest BCUT2D eigenvalue weighted by Gasteiger charge is 2.36. The Hall–Kier alpha value is -3.25. The van der Waals surface area contributed by atoms with E-state index in [4.69, 9.17) is 4.74 Å². The molecule has 0 saturated heterocycles. The van der Waals surface area contributed by atoms with Crippen molar-refractivity contribution in [2.75, 3.05) is 13.1 Å². The molecule has 176 valence electrons. The molecule has 0 fully saturated rings. The lowest BCUT2D eigenvalue weighted by molar-refractivity contribution is 0.00669. The van der Waals surface area contributed by atoms with E-state index in [9.17, 15) is 4.79 Å². The summed E-state index contributed by atoms with van der Waals surface area (Å²) in [6.07, 6.45) is 1.62. The summed E-state index contributed by atoms with van der Waals surface area (Å²) in [5, 5.41) is 2.61. The fourth-order valence-corrected chi connectivity index (χ4v) is 5.67. The summed E-state index contributed by atoms with van der Waals surface area (Å²) in [6.45, 7) is 9.04. The lowest BCUT2D eigenvalue weighted by atomic mass is 9.95. The molecule has 34 heavy (non-hydrogen) atoms. The van der Waals surface area contributed by atoms with Gasteiger partial charge in [-0.3, -0.25) is 9.80 Å². The minimum absolute atomic E-state index is 0.0625. The van der Waals surface area contributed by atoms with Crippen LogP contribution < -0.4 is 0 Å². The number of aromatic amines is 2. The summed E-state index contributed by atoms with van der Waals surface area (Å²) >= 11 is 0. The molecule has 0 bridgehead atoms. The molecular formula is C28H32N4O2. The average Bonchev–Trinajstić information content (AvgIpc) is 3.34. The number of hydrogen-bond donors (Lipinski definition) is 2. The molecule has 2 aromatic carbocycles. The standard InChI is InChI=1S/C28H32N4O2/c1-28(2,3)34-27(33)32-17-26-22(20-9-5-7-11-24(20)30-26)14-18(32)15-31-13-12-21-19-8-4-6-10-23(19)29-25(21)16-31/h4-11,18,29-30H,12-17H2,1-3H3. The van der Waals surface area contributed by atoms with Gasteiger partial charge in [0.1, 0.15) is 5.60 Å². The lowest BCUT2D eigenvalue weighted by Gasteiger charge is -2.40. The quantitative estimate of drug-likeness (QED) is 0.426. The first-order valence-electron chi connectivity index (χ1n) is 12.2. The maximum Gasteiger partial charge on any atom is 0.410 e. The van der Waals surface area contributed by atoms with E-state index in [2.05, 4.69) is 63.4 Å². The highest BCUT2D eigenvalue weighted by atomic mass is 16.6. The van der Waals surface area contributed by atoms with Crippen LogP contribution in [-0.2, 0) is 30.7 Å². The van der Waals surface area contributed by atoms with Crippen molar-refractivity contribution >= 4 is 27.9 Å². The van der Waals surface area contributed by atoms with Crippen molar-refractivity contribution in [3.63, 3.8) is 0 Å².